The van der Waals surface area contributed by atoms with Crippen molar-refractivity contribution < 1.29 is 38.1 Å². The molecule has 0 radical (unpaired) electrons. The van der Waals surface area contributed by atoms with Gasteiger partial charge < -0.3 is 24.3 Å². The zero-order chi connectivity index (χ0) is 26.3. The van der Waals surface area contributed by atoms with Gasteiger partial charge in [0, 0.05) is 44.5 Å². The van der Waals surface area contributed by atoms with Crippen molar-refractivity contribution in [2.75, 3.05) is 52.7 Å². The zero-order valence-corrected chi connectivity index (χ0v) is 21.9. The van der Waals surface area contributed by atoms with E-state index in [1.165, 1.54) is 12.2 Å². The third kappa shape index (κ3) is 14.1. The Balaban J connectivity index is 1.99. The molecule has 0 spiro atoms. The fourth-order valence-electron chi connectivity index (χ4n) is 3.01. The summed E-state index contributed by atoms with van der Waals surface area (Å²) in [6.45, 7) is 12.5. The van der Waals surface area contributed by atoms with Crippen LogP contribution in [-0.4, -0.2) is 92.3 Å². The van der Waals surface area contributed by atoms with E-state index in [4.69, 9.17) is 18.9 Å². The van der Waals surface area contributed by atoms with Crippen LogP contribution < -0.4 is 5.32 Å². The normalized spacial score (nSPS) is 14.1. The van der Waals surface area contributed by atoms with Gasteiger partial charge in [0.1, 0.15) is 5.78 Å². The van der Waals surface area contributed by atoms with E-state index in [2.05, 4.69) is 5.32 Å². The molecule has 1 N–H and O–H groups in total. The average molecular weight is 499 g/mol. The molecule has 0 atom stereocenters. The SMILES string of the molecule is CCC(=O)CCC(C)(C)OCC(C)(C)OCCOCCOCCNC(=O)CCN1C(=O)C=CC1=O. The molecule has 3 amide bonds. The van der Waals surface area contributed by atoms with E-state index in [0.717, 1.165) is 4.90 Å². The van der Waals surface area contributed by atoms with Crippen molar-refractivity contribution in [2.24, 2.45) is 0 Å². The van der Waals surface area contributed by atoms with Crippen molar-refractivity contribution in [3.05, 3.63) is 12.2 Å². The predicted molar refractivity (Wildman–Crippen MR) is 130 cm³/mol. The van der Waals surface area contributed by atoms with Gasteiger partial charge in [-0.2, -0.15) is 0 Å². The maximum Gasteiger partial charge on any atom is 0.253 e. The van der Waals surface area contributed by atoms with Crippen molar-refractivity contribution in [3.63, 3.8) is 0 Å². The van der Waals surface area contributed by atoms with Gasteiger partial charge in [0.15, 0.2) is 0 Å². The van der Waals surface area contributed by atoms with Crippen molar-refractivity contribution >= 4 is 23.5 Å². The quantitative estimate of drug-likeness (QED) is 0.199. The minimum Gasteiger partial charge on any atom is -0.377 e. The molecule has 1 heterocycles. The first-order valence-electron chi connectivity index (χ1n) is 12.2. The first kappa shape index (κ1) is 30.9. The number of hydrogen-bond acceptors (Lipinski definition) is 8. The summed E-state index contributed by atoms with van der Waals surface area (Å²) in [6, 6.07) is 0. The summed E-state index contributed by atoms with van der Waals surface area (Å²) in [5.41, 5.74) is -0.863. The van der Waals surface area contributed by atoms with Crippen molar-refractivity contribution in [3.8, 4) is 0 Å². The van der Waals surface area contributed by atoms with Gasteiger partial charge in [-0.3, -0.25) is 24.1 Å². The van der Waals surface area contributed by atoms with E-state index in [1.54, 1.807) is 0 Å². The molecule has 0 aromatic carbocycles. The highest BCUT2D eigenvalue weighted by Gasteiger charge is 2.26. The minimum absolute atomic E-state index is 0.0552. The summed E-state index contributed by atoms with van der Waals surface area (Å²) in [5.74, 6) is -0.798. The van der Waals surface area contributed by atoms with Gasteiger partial charge in [-0.05, 0) is 34.1 Å². The molecule has 1 aliphatic heterocycles. The van der Waals surface area contributed by atoms with Gasteiger partial charge >= 0.3 is 0 Å². The summed E-state index contributed by atoms with van der Waals surface area (Å²) >= 11 is 0. The number of nitrogens with one attached hydrogen (secondary N) is 1. The van der Waals surface area contributed by atoms with Crippen LogP contribution in [-0.2, 0) is 38.1 Å². The second-order valence-corrected chi connectivity index (χ2v) is 9.53. The van der Waals surface area contributed by atoms with Crippen LogP contribution in [0.4, 0.5) is 0 Å². The Labute approximate surface area is 208 Å². The van der Waals surface area contributed by atoms with Crippen molar-refractivity contribution in [2.45, 2.75) is 71.5 Å². The fraction of sp³-hybridized carbons (Fsp3) is 0.760. The Bertz CT molecular complexity index is 715. The molecule has 10 nitrogen and oxygen atoms in total. The summed E-state index contributed by atoms with van der Waals surface area (Å²) in [6.07, 6.45) is 4.20. The number of nitrogens with zero attached hydrogens (tertiary/aromatic N) is 1. The smallest absolute Gasteiger partial charge is 0.253 e. The van der Waals surface area contributed by atoms with Gasteiger partial charge in [0.2, 0.25) is 5.91 Å². The van der Waals surface area contributed by atoms with Crippen LogP contribution in [0.5, 0.6) is 0 Å². The number of carbonyl (C=O) groups is 4. The molecule has 0 aromatic heterocycles. The number of rotatable bonds is 20. The van der Waals surface area contributed by atoms with Gasteiger partial charge in [0.05, 0.1) is 50.8 Å². The maximum absolute atomic E-state index is 11.8. The number of hydrogen-bond donors (Lipinski definition) is 1. The summed E-state index contributed by atoms with van der Waals surface area (Å²) in [4.78, 5) is 47.2. The lowest BCUT2D eigenvalue weighted by Crippen LogP contribution is -2.37. The Morgan fingerprint density at radius 2 is 1.46 bits per heavy atom. The third-order valence-electron chi connectivity index (χ3n) is 5.33. The Kier molecular flexibility index (Phi) is 13.9. The highest BCUT2D eigenvalue weighted by molar-refractivity contribution is 6.13. The third-order valence-corrected chi connectivity index (χ3v) is 5.33. The fourth-order valence-corrected chi connectivity index (χ4v) is 3.01. The molecule has 0 aromatic rings. The summed E-state index contributed by atoms with van der Waals surface area (Å²) in [7, 11) is 0. The van der Waals surface area contributed by atoms with Gasteiger partial charge in [0.25, 0.3) is 11.8 Å². The van der Waals surface area contributed by atoms with E-state index in [-0.39, 0.29) is 30.3 Å². The molecule has 0 unspecified atom stereocenters. The van der Waals surface area contributed by atoms with Crippen LogP contribution >= 0.6 is 0 Å². The lowest BCUT2D eigenvalue weighted by atomic mass is 9.99. The Morgan fingerprint density at radius 3 is 2.09 bits per heavy atom. The van der Waals surface area contributed by atoms with Crippen LogP contribution in [0.25, 0.3) is 0 Å². The molecular formula is C25H42N2O8. The summed E-state index contributed by atoms with van der Waals surface area (Å²) in [5, 5.41) is 2.68. The first-order valence-corrected chi connectivity index (χ1v) is 12.2. The molecule has 35 heavy (non-hydrogen) atoms. The van der Waals surface area contributed by atoms with E-state index < -0.39 is 17.4 Å². The standard InChI is InChI=1S/C25H42N2O8/c1-6-20(28)9-11-24(2,3)35-19-25(4,5)34-18-17-33-16-15-32-14-12-26-21(29)10-13-27-22(30)7-8-23(27)31/h7-8H,6,9-19H2,1-5H3,(H,26,29). The molecule has 10 heteroatoms. The number of Topliss-reactive ketones (excluding diaryl/α,β-unsaturated/α-hetero) is 1. The number of imide groups is 1. The molecule has 1 rings (SSSR count). The van der Waals surface area contributed by atoms with Gasteiger partial charge in [-0.15, -0.1) is 0 Å². The predicted octanol–water partition coefficient (Wildman–Crippen LogP) is 1.80. The molecule has 200 valence electrons. The second-order valence-electron chi connectivity index (χ2n) is 9.53. The van der Waals surface area contributed by atoms with E-state index in [0.29, 0.717) is 65.4 Å². The van der Waals surface area contributed by atoms with Gasteiger partial charge in [-0.1, -0.05) is 6.92 Å². The van der Waals surface area contributed by atoms with Crippen molar-refractivity contribution in [1.29, 1.82) is 0 Å². The van der Waals surface area contributed by atoms with Crippen LogP contribution in [0, 0.1) is 0 Å². The number of ketones is 1. The highest BCUT2D eigenvalue weighted by atomic mass is 16.6. The van der Waals surface area contributed by atoms with E-state index in [9.17, 15) is 19.2 Å². The van der Waals surface area contributed by atoms with Crippen LogP contribution in [0.3, 0.4) is 0 Å². The number of amides is 3. The van der Waals surface area contributed by atoms with E-state index in [1.807, 2.05) is 34.6 Å². The Hall–Kier alpha value is -2.14. The van der Waals surface area contributed by atoms with Crippen LogP contribution in [0.15, 0.2) is 12.2 Å². The Morgan fingerprint density at radius 1 is 0.857 bits per heavy atom. The van der Waals surface area contributed by atoms with Crippen molar-refractivity contribution in [1.82, 2.24) is 10.2 Å². The molecular weight excluding hydrogens is 456 g/mol. The molecule has 0 saturated heterocycles. The van der Waals surface area contributed by atoms with Crippen LogP contribution in [0.2, 0.25) is 0 Å². The molecule has 1 aliphatic rings. The first-order chi connectivity index (χ1) is 16.5. The van der Waals surface area contributed by atoms with Gasteiger partial charge in [-0.25, -0.2) is 0 Å². The lowest BCUT2D eigenvalue weighted by Gasteiger charge is -2.32. The second kappa shape index (κ2) is 15.8. The maximum atomic E-state index is 11.8. The number of carbonyl (C=O) groups excluding carboxylic acids is 4. The van der Waals surface area contributed by atoms with E-state index >= 15 is 0 Å². The molecule has 0 aliphatic carbocycles. The molecule has 0 saturated carbocycles. The van der Waals surface area contributed by atoms with Crippen LogP contribution in [0.1, 0.15) is 60.3 Å². The zero-order valence-electron chi connectivity index (χ0n) is 21.9. The largest absolute Gasteiger partial charge is 0.377 e. The topological polar surface area (TPSA) is 120 Å². The lowest BCUT2D eigenvalue weighted by molar-refractivity contribution is -0.137. The minimum atomic E-state index is -0.476. The monoisotopic (exact) mass is 498 g/mol. The molecule has 0 fully saturated rings. The summed E-state index contributed by atoms with van der Waals surface area (Å²) < 4.78 is 22.8. The average Bonchev–Trinajstić information content (AvgIpc) is 3.13. The molecule has 0 bridgehead atoms. The highest BCUT2D eigenvalue weighted by Crippen LogP contribution is 2.21. The number of ether oxygens (including phenoxy) is 4.